The van der Waals surface area contributed by atoms with E-state index in [1.165, 1.54) is 0 Å². The summed E-state index contributed by atoms with van der Waals surface area (Å²) >= 11 is 0. The number of amides is 1. The summed E-state index contributed by atoms with van der Waals surface area (Å²) in [4.78, 5) is 12.9. The van der Waals surface area contributed by atoms with Crippen molar-refractivity contribution < 1.29 is 9.21 Å². The predicted octanol–water partition coefficient (Wildman–Crippen LogP) is 5.84. The van der Waals surface area contributed by atoms with Crippen molar-refractivity contribution in [2.75, 3.05) is 5.32 Å². The van der Waals surface area contributed by atoms with Crippen LogP contribution in [0.5, 0.6) is 0 Å². The van der Waals surface area contributed by atoms with Crippen molar-refractivity contribution in [2.45, 2.75) is 26.2 Å². The first-order valence-electron chi connectivity index (χ1n) is 10.0. The van der Waals surface area contributed by atoms with Gasteiger partial charge in [0, 0.05) is 16.8 Å². The number of anilines is 1. The number of hydrogen-bond acceptors (Lipinski definition) is 4. The summed E-state index contributed by atoms with van der Waals surface area (Å²) in [5.41, 5.74) is 4.44. The zero-order valence-electron chi connectivity index (χ0n) is 17.0. The van der Waals surface area contributed by atoms with Gasteiger partial charge < -0.3 is 9.73 Å². The van der Waals surface area contributed by atoms with E-state index in [1.807, 2.05) is 92.7 Å². The Morgan fingerprint density at radius 2 is 1.67 bits per heavy atom. The molecular formula is C25H23N3O2. The first kappa shape index (κ1) is 19.6. The normalized spacial score (nSPS) is 11.8. The number of aromatic nitrogens is 2. The van der Waals surface area contributed by atoms with Crippen LogP contribution in [-0.4, -0.2) is 16.1 Å². The monoisotopic (exact) mass is 397 g/mol. The Morgan fingerprint density at radius 3 is 2.43 bits per heavy atom. The highest BCUT2D eigenvalue weighted by atomic mass is 16.4. The summed E-state index contributed by atoms with van der Waals surface area (Å²) in [6.07, 6.45) is 0.721. The van der Waals surface area contributed by atoms with Gasteiger partial charge in [-0.15, -0.1) is 10.2 Å². The molecule has 0 unspecified atom stereocenters. The summed E-state index contributed by atoms with van der Waals surface area (Å²) in [6, 6.07) is 25.2. The number of aryl methyl sites for hydroxylation is 1. The van der Waals surface area contributed by atoms with Crippen molar-refractivity contribution in [1.82, 2.24) is 10.2 Å². The van der Waals surface area contributed by atoms with Crippen LogP contribution < -0.4 is 5.32 Å². The average Bonchev–Trinajstić information content (AvgIpc) is 3.26. The smallest absolute Gasteiger partial charge is 0.248 e. The Hall–Kier alpha value is -3.73. The Bertz CT molecular complexity index is 1150. The molecule has 0 saturated carbocycles. The fraction of sp³-hybridized carbons (Fsp3) is 0.160. The highest BCUT2D eigenvalue weighted by Gasteiger charge is 2.19. The Labute approximate surface area is 175 Å². The molecule has 0 fully saturated rings. The average molecular weight is 397 g/mol. The number of benzene rings is 3. The zero-order valence-corrected chi connectivity index (χ0v) is 17.0. The maximum Gasteiger partial charge on any atom is 0.248 e. The molecule has 0 aliphatic heterocycles. The molecule has 1 heterocycles. The number of nitrogens with one attached hydrogen (secondary N) is 1. The molecule has 0 bridgehead atoms. The lowest BCUT2D eigenvalue weighted by Crippen LogP contribution is -2.20. The van der Waals surface area contributed by atoms with Gasteiger partial charge in [-0.2, -0.15) is 0 Å². The number of carbonyl (C=O) groups is 1. The zero-order chi connectivity index (χ0) is 20.9. The van der Waals surface area contributed by atoms with E-state index in [9.17, 15) is 4.79 Å². The molecule has 1 amide bonds. The largest absolute Gasteiger partial charge is 0.416 e. The molecule has 4 rings (SSSR count). The maximum atomic E-state index is 12.9. The summed E-state index contributed by atoms with van der Waals surface area (Å²) < 4.78 is 5.90. The number of carbonyl (C=O) groups excluding carboxylic acids is 1. The molecule has 5 nitrogen and oxygen atoms in total. The lowest BCUT2D eigenvalue weighted by molar-refractivity contribution is -0.117. The van der Waals surface area contributed by atoms with E-state index < -0.39 is 0 Å². The summed E-state index contributed by atoms with van der Waals surface area (Å²) in [5, 5.41) is 11.4. The van der Waals surface area contributed by atoms with Gasteiger partial charge in [-0.05, 0) is 48.7 Å². The van der Waals surface area contributed by atoms with Gasteiger partial charge in [0.1, 0.15) is 0 Å². The number of hydrogen-bond donors (Lipinski definition) is 1. The van der Waals surface area contributed by atoms with Crippen LogP contribution in [0, 0.1) is 6.92 Å². The Morgan fingerprint density at radius 1 is 0.933 bits per heavy atom. The standard InChI is InChI=1S/C25H23N3O2/c1-3-21(18-11-5-4-6-12-18)23(29)26-20-14-9-13-19(16-20)24-27-28-25(30-24)22-15-8-7-10-17(22)2/h4-16,21H,3H2,1-2H3,(H,26,29)/t21-/m0/s1. The molecule has 0 spiro atoms. The lowest BCUT2D eigenvalue weighted by atomic mass is 9.95. The van der Waals surface area contributed by atoms with Crippen LogP contribution in [-0.2, 0) is 4.79 Å². The number of nitrogens with zero attached hydrogens (tertiary/aromatic N) is 2. The van der Waals surface area contributed by atoms with Gasteiger partial charge in [-0.3, -0.25) is 4.79 Å². The summed E-state index contributed by atoms with van der Waals surface area (Å²) in [7, 11) is 0. The maximum absolute atomic E-state index is 12.9. The van der Waals surface area contributed by atoms with Gasteiger partial charge >= 0.3 is 0 Å². The van der Waals surface area contributed by atoms with Crippen molar-refractivity contribution >= 4 is 11.6 Å². The van der Waals surface area contributed by atoms with Crippen LogP contribution in [0.1, 0.15) is 30.4 Å². The predicted molar refractivity (Wildman–Crippen MR) is 118 cm³/mol. The van der Waals surface area contributed by atoms with Gasteiger partial charge in [0.25, 0.3) is 0 Å². The molecule has 5 heteroatoms. The highest BCUT2D eigenvalue weighted by Crippen LogP contribution is 2.28. The topological polar surface area (TPSA) is 68.0 Å². The number of rotatable bonds is 6. The van der Waals surface area contributed by atoms with Crippen LogP contribution in [0.3, 0.4) is 0 Å². The van der Waals surface area contributed by atoms with Crippen molar-refractivity contribution in [3.63, 3.8) is 0 Å². The molecule has 0 saturated heterocycles. The lowest BCUT2D eigenvalue weighted by Gasteiger charge is -2.15. The minimum absolute atomic E-state index is 0.0352. The van der Waals surface area contributed by atoms with Gasteiger partial charge in [-0.1, -0.05) is 61.5 Å². The van der Waals surface area contributed by atoms with Crippen LogP contribution in [0.25, 0.3) is 22.9 Å². The second kappa shape index (κ2) is 8.74. The van der Waals surface area contributed by atoms with Crippen molar-refractivity contribution in [3.8, 4) is 22.9 Å². The van der Waals surface area contributed by atoms with Gasteiger partial charge in [0.05, 0.1) is 5.92 Å². The minimum atomic E-state index is -0.203. The fourth-order valence-corrected chi connectivity index (χ4v) is 3.48. The third-order valence-electron chi connectivity index (χ3n) is 5.10. The van der Waals surface area contributed by atoms with Crippen LogP contribution in [0.2, 0.25) is 0 Å². The molecule has 150 valence electrons. The third-order valence-corrected chi connectivity index (χ3v) is 5.10. The molecule has 1 atom stereocenters. The fourth-order valence-electron chi connectivity index (χ4n) is 3.48. The quantitative estimate of drug-likeness (QED) is 0.443. The van der Waals surface area contributed by atoms with Crippen molar-refractivity contribution in [3.05, 3.63) is 90.0 Å². The van der Waals surface area contributed by atoms with E-state index in [0.717, 1.165) is 28.7 Å². The molecule has 1 N–H and O–H groups in total. The second-order valence-electron chi connectivity index (χ2n) is 7.17. The van der Waals surface area contributed by atoms with Crippen molar-refractivity contribution in [2.24, 2.45) is 0 Å². The van der Waals surface area contributed by atoms with Gasteiger partial charge in [-0.25, -0.2) is 0 Å². The van der Waals surface area contributed by atoms with E-state index in [0.29, 0.717) is 17.5 Å². The van der Waals surface area contributed by atoms with E-state index in [-0.39, 0.29) is 11.8 Å². The third kappa shape index (κ3) is 4.15. The molecular weight excluding hydrogens is 374 g/mol. The van der Waals surface area contributed by atoms with E-state index in [2.05, 4.69) is 15.5 Å². The minimum Gasteiger partial charge on any atom is -0.416 e. The second-order valence-corrected chi connectivity index (χ2v) is 7.17. The molecule has 0 aliphatic rings. The van der Waals surface area contributed by atoms with E-state index in [4.69, 9.17) is 4.42 Å². The molecule has 4 aromatic rings. The summed E-state index contributed by atoms with van der Waals surface area (Å²) in [6.45, 7) is 4.02. The van der Waals surface area contributed by atoms with Crippen molar-refractivity contribution in [1.29, 1.82) is 0 Å². The first-order chi connectivity index (χ1) is 14.7. The molecule has 1 aromatic heterocycles. The van der Waals surface area contributed by atoms with E-state index in [1.54, 1.807) is 0 Å². The SMILES string of the molecule is CC[C@H](C(=O)Nc1cccc(-c2nnc(-c3ccccc3C)o2)c1)c1ccccc1. The molecule has 0 aliphatic carbocycles. The van der Waals surface area contributed by atoms with Gasteiger partial charge in [0.15, 0.2) is 0 Å². The summed E-state index contributed by atoms with van der Waals surface area (Å²) in [5.74, 6) is 0.657. The van der Waals surface area contributed by atoms with Crippen LogP contribution >= 0.6 is 0 Å². The van der Waals surface area contributed by atoms with Gasteiger partial charge in [0.2, 0.25) is 17.7 Å². The van der Waals surface area contributed by atoms with Crippen LogP contribution in [0.4, 0.5) is 5.69 Å². The first-order valence-corrected chi connectivity index (χ1v) is 10.0. The van der Waals surface area contributed by atoms with Crippen LogP contribution in [0.15, 0.2) is 83.3 Å². The Kier molecular flexibility index (Phi) is 5.70. The van der Waals surface area contributed by atoms with E-state index >= 15 is 0 Å². The molecule has 3 aromatic carbocycles. The highest BCUT2D eigenvalue weighted by molar-refractivity contribution is 5.96. The molecule has 30 heavy (non-hydrogen) atoms. The molecule has 0 radical (unpaired) electrons. The Balaban J connectivity index is 1.55.